The van der Waals surface area contributed by atoms with E-state index in [1.807, 2.05) is 18.2 Å². The highest BCUT2D eigenvalue weighted by Crippen LogP contribution is 2.17. The van der Waals surface area contributed by atoms with Gasteiger partial charge in [0.2, 0.25) is 0 Å². The fraction of sp³-hybridized carbons (Fsp3) is 0.231. The van der Waals surface area contributed by atoms with E-state index in [0.717, 1.165) is 0 Å². The van der Waals surface area contributed by atoms with E-state index in [4.69, 9.17) is 5.11 Å². The van der Waals surface area contributed by atoms with E-state index in [2.05, 4.69) is 20.3 Å². The fourth-order valence-corrected chi connectivity index (χ4v) is 1.73. The Kier molecular flexibility index (Phi) is 3.82. The molecule has 0 aliphatic carbocycles. The molecule has 1 unspecified atom stereocenters. The van der Waals surface area contributed by atoms with E-state index in [1.54, 1.807) is 26.2 Å². The van der Waals surface area contributed by atoms with E-state index in [0.29, 0.717) is 17.1 Å². The van der Waals surface area contributed by atoms with Crippen LogP contribution in [0.15, 0.2) is 30.5 Å². The second-order valence-corrected chi connectivity index (χ2v) is 4.03. The quantitative estimate of drug-likeness (QED) is 0.856. The number of nitrogens with one attached hydrogen (secondary N) is 1. The number of pyridine rings is 1. The molecule has 0 fully saturated rings. The van der Waals surface area contributed by atoms with Crippen LogP contribution in [0, 0.1) is 6.92 Å². The third kappa shape index (κ3) is 2.92. The highest BCUT2D eigenvalue weighted by Gasteiger charge is 2.21. The van der Waals surface area contributed by atoms with Gasteiger partial charge in [-0.25, -0.2) is 9.97 Å². The molecule has 2 aromatic heterocycles. The minimum absolute atomic E-state index is 0.232. The first kappa shape index (κ1) is 13.1. The first-order valence-corrected chi connectivity index (χ1v) is 5.79. The molecule has 0 aromatic carbocycles. The Morgan fingerprint density at radius 2 is 2.11 bits per heavy atom. The summed E-state index contributed by atoms with van der Waals surface area (Å²) < 4.78 is 0. The highest BCUT2D eigenvalue weighted by atomic mass is 16.4. The fourth-order valence-electron chi connectivity index (χ4n) is 1.73. The number of aryl methyl sites for hydroxylation is 1. The van der Waals surface area contributed by atoms with Crippen LogP contribution >= 0.6 is 0 Å². The second-order valence-electron chi connectivity index (χ2n) is 4.03. The van der Waals surface area contributed by atoms with Gasteiger partial charge in [0.15, 0.2) is 11.9 Å². The van der Waals surface area contributed by atoms with Gasteiger partial charge in [-0.05, 0) is 32.2 Å². The predicted molar refractivity (Wildman–Crippen MR) is 69.4 cm³/mol. The lowest BCUT2D eigenvalue weighted by Gasteiger charge is -2.11. The van der Waals surface area contributed by atoms with Crippen molar-refractivity contribution in [2.75, 3.05) is 7.05 Å². The minimum Gasteiger partial charge on any atom is -0.480 e. The summed E-state index contributed by atoms with van der Waals surface area (Å²) in [4.78, 5) is 23.8. The van der Waals surface area contributed by atoms with Crippen molar-refractivity contribution >= 4 is 5.97 Å². The molecule has 0 saturated carbocycles. The normalized spacial score (nSPS) is 12.1. The Hall–Kier alpha value is -2.34. The van der Waals surface area contributed by atoms with Crippen LogP contribution in [0.1, 0.15) is 17.6 Å². The first-order valence-electron chi connectivity index (χ1n) is 5.79. The van der Waals surface area contributed by atoms with E-state index < -0.39 is 12.0 Å². The molecule has 2 aromatic rings. The summed E-state index contributed by atoms with van der Waals surface area (Å²) in [6.45, 7) is 1.80. The van der Waals surface area contributed by atoms with Crippen LogP contribution in [0.3, 0.4) is 0 Å². The number of rotatable bonds is 4. The Labute approximate surface area is 110 Å². The molecule has 0 aliphatic heterocycles. The molecule has 1 atom stereocenters. The van der Waals surface area contributed by atoms with Crippen molar-refractivity contribution < 1.29 is 9.90 Å². The number of hydrogen-bond donors (Lipinski definition) is 2. The van der Waals surface area contributed by atoms with Gasteiger partial charge in [0.1, 0.15) is 0 Å². The monoisotopic (exact) mass is 258 g/mol. The molecule has 19 heavy (non-hydrogen) atoms. The molecule has 98 valence electrons. The lowest BCUT2D eigenvalue weighted by atomic mass is 10.2. The number of nitrogens with zero attached hydrogens (tertiary/aromatic N) is 3. The van der Waals surface area contributed by atoms with Gasteiger partial charge in [-0.1, -0.05) is 6.07 Å². The average Bonchev–Trinajstić information content (AvgIpc) is 2.39. The van der Waals surface area contributed by atoms with Crippen molar-refractivity contribution in [3.05, 3.63) is 42.0 Å². The van der Waals surface area contributed by atoms with Crippen LogP contribution in [0.2, 0.25) is 0 Å². The van der Waals surface area contributed by atoms with Gasteiger partial charge in [-0.2, -0.15) is 0 Å². The van der Waals surface area contributed by atoms with Gasteiger partial charge in [-0.15, -0.1) is 0 Å². The van der Waals surface area contributed by atoms with E-state index in [-0.39, 0.29) is 5.82 Å². The number of carbonyl (C=O) groups is 1. The smallest absolute Gasteiger partial charge is 0.328 e. The molecular weight excluding hydrogens is 244 g/mol. The zero-order chi connectivity index (χ0) is 13.8. The number of hydrogen-bond acceptors (Lipinski definition) is 5. The standard InChI is InChI=1S/C13H14N4O2/c1-8-7-10(9-5-3-4-6-15-9)17-12(16-8)11(14-2)13(18)19/h3-7,11,14H,1-2H3,(H,18,19). The van der Waals surface area contributed by atoms with Crippen molar-refractivity contribution in [3.8, 4) is 11.4 Å². The van der Waals surface area contributed by atoms with Gasteiger partial charge in [0.25, 0.3) is 0 Å². The summed E-state index contributed by atoms with van der Waals surface area (Å²) >= 11 is 0. The van der Waals surface area contributed by atoms with E-state index in [1.165, 1.54) is 0 Å². The third-order valence-electron chi connectivity index (χ3n) is 2.59. The zero-order valence-electron chi connectivity index (χ0n) is 10.7. The summed E-state index contributed by atoms with van der Waals surface area (Å²) in [6.07, 6.45) is 1.67. The predicted octanol–water partition coefficient (Wildman–Crippen LogP) is 1.19. The molecule has 0 amide bonds. The summed E-state index contributed by atoms with van der Waals surface area (Å²) in [5, 5.41) is 11.8. The Balaban J connectivity index is 2.48. The van der Waals surface area contributed by atoms with Gasteiger partial charge in [0, 0.05) is 11.9 Å². The summed E-state index contributed by atoms with van der Waals surface area (Å²) in [5.74, 6) is -0.782. The lowest BCUT2D eigenvalue weighted by molar-refractivity contribution is -0.139. The van der Waals surface area contributed by atoms with E-state index in [9.17, 15) is 4.79 Å². The lowest BCUT2D eigenvalue weighted by Crippen LogP contribution is -2.27. The SMILES string of the molecule is CNC(C(=O)O)c1nc(C)cc(-c2ccccn2)n1. The average molecular weight is 258 g/mol. The largest absolute Gasteiger partial charge is 0.480 e. The zero-order valence-corrected chi connectivity index (χ0v) is 10.7. The number of carboxylic acid groups (broad SMARTS) is 1. The van der Waals surface area contributed by atoms with Crippen molar-refractivity contribution in [1.29, 1.82) is 0 Å². The number of aromatic nitrogens is 3. The highest BCUT2D eigenvalue weighted by molar-refractivity contribution is 5.74. The maximum Gasteiger partial charge on any atom is 0.328 e. The Morgan fingerprint density at radius 3 is 2.68 bits per heavy atom. The van der Waals surface area contributed by atoms with Crippen molar-refractivity contribution in [3.63, 3.8) is 0 Å². The maximum absolute atomic E-state index is 11.1. The van der Waals surface area contributed by atoms with Gasteiger partial charge >= 0.3 is 5.97 Å². The van der Waals surface area contributed by atoms with Gasteiger partial charge < -0.3 is 10.4 Å². The van der Waals surface area contributed by atoms with Crippen molar-refractivity contribution in [1.82, 2.24) is 20.3 Å². The topological polar surface area (TPSA) is 88.0 Å². The summed E-state index contributed by atoms with van der Waals surface area (Å²) in [5.41, 5.74) is 2.01. The van der Waals surface area contributed by atoms with Crippen molar-refractivity contribution in [2.45, 2.75) is 13.0 Å². The molecule has 0 radical (unpaired) electrons. The second kappa shape index (κ2) is 5.53. The molecule has 0 bridgehead atoms. The molecule has 6 heteroatoms. The molecular formula is C13H14N4O2. The third-order valence-corrected chi connectivity index (χ3v) is 2.59. The maximum atomic E-state index is 11.1. The number of carboxylic acids is 1. The first-order chi connectivity index (χ1) is 9.11. The van der Waals surface area contributed by atoms with Crippen LogP contribution in [0.5, 0.6) is 0 Å². The number of likely N-dealkylation sites (N-methyl/N-ethyl adjacent to an activating group) is 1. The molecule has 0 aliphatic rings. The van der Waals surface area contributed by atoms with Gasteiger partial charge in [0.05, 0.1) is 11.4 Å². The molecule has 2 heterocycles. The summed E-state index contributed by atoms with van der Waals surface area (Å²) in [6, 6.07) is 6.33. The Morgan fingerprint density at radius 1 is 1.32 bits per heavy atom. The number of aliphatic carboxylic acids is 1. The van der Waals surface area contributed by atoms with Crippen LogP contribution < -0.4 is 5.32 Å². The van der Waals surface area contributed by atoms with Crippen LogP contribution in [0.4, 0.5) is 0 Å². The summed E-state index contributed by atoms with van der Waals surface area (Å²) in [7, 11) is 1.56. The van der Waals surface area contributed by atoms with Crippen LogP contribution in [0.25, 0.3) is 11.4 Å². The molecule has 2 rings (SSSR count). The van der Waals surface area contributed by atoms with Crippen LogP contribution in [-0.2, 0) is 4.79 Å². The van der Waals surface area contributed by atoms with Gasteiger partial charge in [-0.3, -0.25) is 9.78 Å². The van der Waals surface area contributed by atoms with Crippen LogP contribution in [-0.4, -0.2) is 33.1 Å². The molecule has 0 saturated heterocycles. The molecule has 6 nitrogen and oxygen atoms in total. The van der Waals surface area contributed by atoms with Crippen molar-refractivity contribution in [2.24, 2.45) is 0 Å². The minimum atomic E-state index is -1.01. The molecule has 0 spiro atoms. The Bertz CT molecular complexity index is 586. The molecule has 2 N–H and O–H groups in total. The van der Waals surface area contributed by atoms with E-state index >= 15 is 0 Å².